The minimum atomic E-state index is -1.80. The average molecular weight is 415 g/mol. The van der Waals surface area contributed by atoms with E-state index >= 15 is 0 Å². The van der Waals surface area contributed by atoms with Gasteiger partial charge in [-0.1, -0.05) is 87.5 Å². The van der Waals surface area contributed by atoms with Crippen molar-refractivity contribution in [3.8, 4) is 11.5 Å². The highest BCUT2D eigenvalue weighted by Crippen LogP contribution is 2.22. The molecule has 0 aliphatic rings. The van der Waals surface area contributed by atoms with E-state index in [1.807, 2.05) is 0 Å². The van der Waals surface area contributed by atoms with Crippen LogP contribution >= 0.6 is 0 Å². The largest absolute Gasteiger partial charge is 0.494 e. The van der Waals surface area contributed by atoms with Gasteiger partial charge in [0.05, 0.1) is 13.2 Å². The first-order valence-corrected chi connectivity index (χ1v) is 17.8. The molecule has 0 heterocycles. The maximum atomic E-state index is 5.88. The molecule has 0 spiro atoms. The first-order chi connectivity index (χ1) is 13.3. The Morgan fingerprint density at radius 2 is 0.964 bits per heavy atom. The fourth-order valence-corrected chi connectivity index (χ4v) is 13.4. The second-order valence-corrected chi connectivity index (χ2v) is 24.2. The summed E-state index contributed by atoms with van der Waals surface area (Å²) >= 11 is 0. The van der Waals surface area contributed by atoms with E-state index in [2.05, 4.69) is 88.6 Å². The summed E-state index contributed by atoms with van der Waals surface area (Å²) in [6.07, 6.45) is 4.54. The lowest BCUT2D eigenvalue weighted by atomic mass is 10.3. The number of hydrogen-bond donors (Lipinski definition) is 0. The van der Waals surface area contributed by atoms with Crippen molar-refractivity contribution in [2.45, 2.75) is 65.7 Å². The van der Waals surface area contributed by atoms with Crippen LogP contribution in [0.1, 0.15) is 39.5 Å². The third-order valence-corrected chi connectivity index (χ3v) is 22.6. The SMILES string of the molecule is CCCCOc1ccc([Si](C)(c2ccc(OCCCC)cc2)[Si](C)(C)C)cc1. The summed E-state index contributed by atoms with van der Waals surface area (Å²) in [5.74, 6) is 1.98. The molecule has 0 saturated heterocycles. The number of unbranched alkanes of at least 4 members (excludes halogenated alkanes) is 2. The molecule has 0 saturated carbocycles. The molecule has 28 heavy (non-hydrogen) atoms. The first-order valence-electron chi connectivity index (χ1n) is 10.8. The van der Waals surface area contributed by atoms with E-state index in [-0.39, 0.29) is 0 Å². The van der Waals surface area contributed by atoms with Crippen LogP contribution in [0.2, 0.25) is 26.2 Å². The molecule has 4 heteroatoms. The molecule has 2 nitrogen and oxygen atoms in total. The van der Waals surface area contributed by atoms with Crippen LogP contribution in [0.4, 0.5) is 0 Å². The van der Waals surface area contributed by atoms with E-state index in [4.69, 9.17) is 9.47 Å². The molecule has 2 aromatic rings. The highest BCUT2D eigenvalue weighted by atomic mass is 29.3. The molecule has 2 aromatic carbocycles. The average Bonchev–Trinajstić information content (AvgIpc) is 2.68. The normalized spacial score (nSPS) is 12.1. The molecule has 0 N–H and O–H groups in total. The Hall–Kier alpha value is -1.53. The predicted octanol–water partition coefficient (Wildman–Crippen LogP) is 5.65. The topological polar surface area (TPSA) is 18.5 Å². The zero-order valence-corrected chi connectivity index (χ0v) is 20.7. The molecule has 154 valence electrons. The third kappa shape index (κ3) is 5.51. The summed E-state index contributed by atoms with van der Waals surface area (Å²) in [6, 6.07) is 17.9. The van der Waals surface area contributed by atoms with E-state index in [0.717, 1.165) is 50.4 Å². The van der Waals surface area contributed by atoms with Crippen molar-refractivity contribution in [1.29, 1.82) is 0 Å². The number of rotatable bonds is 11. The van der Waals surface area contributed by atoms with Gasteiger partial charge in [-0.3, -0.25) is 0 Å². The van der Waals surface area contributed by atoms with Crippen LogP contribution in [0.3, 0.4) is 0 Å². The number of ether oxygens (including phenoxy) is 2. The number of hydrogen-bond acceptors (Lipinski definition) is 2. The van der Waals surface area contributed by atoms with Crippen LogP contribution in [0.25, 0.3) is 0 Å². The Labute approximate surface area is 174 Å². The molecule has 2 rings (SSSR count). The van der Waals surface area contributed by atoms with Crippen LogP contribution in [0.5, 0.6) is 11.5 Å². The van der Waals surface area contributed by atoms with Gasteiger partial charge in [-0.2, -0.15) is 0 Å². The maximum absolute atomic E-state index is 5.88. The zero-order valence-electron chi connectivity index (χ0n) is 18.7. The fourth-order valence-electron chi connectivity index (χ4n) is 3.47. The summed E-state index contributed by atoms with van der Waals surface area (Å²) in [4.78, 5) is 0. The minimum Gasteiger partial charge on any atom is -0.494 e. The lowest BCUT2D eigenvalue weighted by molar-refractivity contribution is 0.309. The van der Waals surface area contributed by atoms with E-state index in [1.165, 1.54) is 10.4 Å². The molecule has 0 aliphatic heterocycles. The monoisotopic (exact) mass is 414 g/mol. The van der Waals surface area contributed by atoms with Crippen LogP contribution in [-0.4, -0.2) is 28.4 Å². The Balaban J connectivity index is 2.26. The number of benzene rings is 2. The molecule has 0 amide bonds. The molecule has 0 unspecified atom stereocenters. The van der Waals surface area contributed by atoms with Crippen molar-refractivity contribution in [1.82, 2.24) is 0 Å². The van der Waals surface area contributed by atoms with Crippen molar-refractivity contribution in [2.75, 3.05) is 13.2 Å². The van der Waals surface area contributed by atoms with E-state index in [0.29, 0.717) is 0 Å². The highest BCUT2D eigenvalue weighted by molar-refractivity contribution is 7.50. The summed E-state index contributed by atoms with van der Waals surface area (Å²) in [5, 5.41) is 3.02. The molecular formula is C24H38O2Si2. The minimum absolute atomic E-state index is 0.804. The summed E-state index contributed by atoms with van der Waals surface area (Å²) < 4.78 is 11.8. The Morgan fingerprint density at radius 3 is 1.25 bits per heavy atom. The van der Waals surface area contributed by atoms with Gasteiger partial charge >= 0.3 is 0 Å². The molecule has 0 aromatic heterocycles. The van der Waals surface area contributed by atoms with Crippen LogP contribution in [-0.2, 0) is 0 Å². The molecule has 0 atom stereocenters. The van der Waals surface area contributed by atoms with Gasteiger partial charge in [0.1, 0.15) is 19.1 Å². The summed E-state index contributed by atoms with van der Waals surface area (Å²) in [7, 11) is -3.23. The summed E-state index contributed by atoms with van der Waals surface area (Å²) in [6.45, 7) is 16.1. The first kappa shape index (κ1) is 22.8. The highest BCUT2D eigenvalue weighted by Gasteiger charge is 2.44. The van der Waals surface area contributed by atoms with E-state index < -0.39 is 15.2 Å². The van der Waals surface area contributed by atoms with Crippen molar-refractivity contribution in [2.24, 2.45) is 0 Å². The van der Waals surface area contributed by atoms with Gasteiger partial charge in [-0.25, -0.2) is 0 Å². The Morgan fingerprint density at radius 1 is 0.607 bits per heavy atom. The third-order valence-electron chi connectivity index (χ3n) is 5.90. The molecule has 0 radical (unpaired) electrons. The van der Waals surface area contributed by atoms with Gasteiger partial charge in [-0.05, 0) is 37.1 Å². The van der Waals surface area contributed by atoms with Gasteiger partial charge < -0.3 is 9.47 Å². The smallest absolute Gasteiger partial charge is 0.119 e. The molecule has 0 bridgehead atoms. The molecule has 0 fully saturated rings. The standard InChI is InChI=1S/C24H38O2Si2/c1-7-9-19-25-21-11-15-23(16-12-21)28(6,27(3,4)5)24-17-13-22(14-18-24)26-20-10-8-2/h11-18H,7-10,19-20H2,1-6H3. The van der Waals surface area contributed by atoms with Crippen LogP contribution < -0.4 is 19.8 Å². The summed E-state index contributed by atoms with van der Waals surface area (Å²) in [5.41, 5.74) is 0. The van der Waals surface area contributed by atoms with Crippen molar-refractivity contribution >= 4 is 25.6 Å². The Bertz CT molecular complexity index is 649. The predicted molar refractivity (Wildman–Crippen MR) is 128 cm³/mol. The van der Waals surface area contributed by atoms with Gasteiger partial charge in [0.25, 0.3) is 0 Å². The lowest BCUT2D eigenvalue weighted by Crippen LogP contribution is -2.71. The van der Waals surface area contributed by atoms with Crippen LogP contribution in [0, 0.1) is 0 Å². The lowest BCUT2D eigenvalue weighted by Gasteiger charge is -2.40. The second kappa shape index (κ2) is 10.3. The van der Waals surface area contributed by atoms with Gasteiger partial charge in [-0.15, -0.1) is 0 Å². The molecular weight excluding hydrogens is 376 g/mol. The van der Waals surface area contributed by atoms with E-state index in [1.54, 1.807) is 0 Å². The van der Waals surface area contributed by atoms with Crippen LogP contribution in [0.15, 0.2) is 48.5 Å². The van der Waals surface area contributed by atoms with Crippen molar-refractivity contribution in [3.05, 3.63) is 48.5 Å². The maximum Gasteiger partial charge on any atom is 0.119 e. The Kier molecular flexibility index (Phi) is 8.38. The zero-order chi connectivity index (χ0) is 20.6. The van der Waals surface area contributed by atoms with Gasteiger partial charge in [0.2, 0.25) is 0 Å². The molecule has 0 aliphatic carbocycles. The van der Waals surface area contributed by atoms with Crippen molar-refractivity contribution < 1.29 is 9.47 Å². The van der Waals surface area contributed by atoms with Gasteiger partial charge in [0.15, 0.2) is 0 Å². The van der Waals surface area contributed by atoms with Crippen molar-refractivity contribution in [3.63, 3.8) is 0 Å². The van der Waals surface area contributed by atoms with E-state index in [9.17, 15) is 0 Å². The fraction of sp³-hybridized carbons (Fsp3) is 0.500. The quantitative estimate of drug-likeness (QED) is 0.349. The second-order valence-electron chi connectivity index (χ2n) is 8.83. The van der Waals surface area contributed by atoms with Gasteiger partial charge in [0, 0.05) is 7.59 Å².